The van der Waals surface area contributed by atoms with Gasteiger partial charge in [0.2, 0.25) is 0 Å². The van der Waals surface area contributed by atoms with Gasteiger partial charge < -0.3 is 0 Å². The largest absolute Gasteiger partial charge is 0.233 e. The van der Waals surface area contributed by atoms with Gasteiger partial charge in [-0.05, 0) is 84.9 Å². The van der Waals surface area contributed by atoms with E-state index in [4.69, 9.17) is 9.78 Å². The van der Waals surface area contributed by atoms with Crippen LogP contribution in [0.5, 0.6) is 0 Å². The number of rotatable bonds is 13. The maximum Gasteiger partial charge on any atom is 0.0935 e. The molecule has 2 nitrogen and oxygen atoms in total. The molecule has 0 saturated carbocycles. The molecule has 0 aromatic heterocycles. The van der Waals surface area contributed by atoms with Crippen LogP contribution in [-0.2, 0) is 9.78 Å². The highest BCUT2D eigenvalue weighted by molar-refractivity contribution is 4.84. The molecule has 0 amide bonds. The lowest BCUT2D eigenvalue weighted by atomic mass is 9.70. The SMILES string of the molecule is CCC(CCC(C(C)OOC(C)C(CCC(CC)C(C)(C)C)C(C)(C)C)C(C)(C)C)C(C)(C)C. The van der Waals surface area contributed by atoms with Gasteiger partial charge in [0.25, 0.3) is 0 Å². The summed E-state index contributed by atoms with van der Waals surface area (Å²) in [4.78, 5) is 12.4. The zero-order valence-corrected chi connectivity index (χ0v) is 26.5. The van der Waals surface area contributed by atoms with Crippen molar-refractivity contribution in [3.05, 3.63) is 0 Å². The number of hydrogen-bond donors (Lipinski definition) is 0. The van der Waals surface area contributed by atoms with Crippen molar-refractivity contribution < 1.29 is 9.78 Å². The summed E-state index contributed by atoms with van der Waals surface area (Å²) in [6.07, 6.45) is 7.52. The second-order valence-electron chi connectivity index (χ2n) is 15.6. The van der Waals surface area contributed by atoms with Crippen LogP contribution < -0.4 is 0 Å². The average Bonchev–Trinajstić information content (AvgIpc) is 2.62. The molecule has 0 spiro atoms. The molecule has 0 aliphatic rings. The first kappa shape index (κ1) is 33.9. The Kier molecular flexibility index (Phi) is 13.4. The highest BCUT2D eigenvalue weighted by Crippen LogP contribution is 2.41. The molecule has 0 aromatic rings. The Balaban J connectivity index is 5.26. The van der Waals surface area contributed by atoms with Crippen LogP contribution >= 0.6 is 0 Å². The molecule has 0 heterocycles. The molecule has 206 valence electrons. The van der Waals surface area contributed by atoms with Gasteiger partial charge in [0.1, 0.15) is 0 Å². The summed E-state index contributed by atoms with van der Waals surface area (Å²) < 4.78 is 0. The summed E-state index contributed by atoms with van der Waals surface area (Å²) in [7, 11) is 0. The lowest BCUT2D eigenvalue weighted by molar-refractivity contribution is -0.368. The minimum absolute atomic E-state index is 0.0820. The molecule has 0 bridgehead atoms. The van der Waals surface area contributed by atoms with Crippen LogP contribution in [-0.4, -0.2) is 12.2 Å². The van der Waals surface area contributed by atoms with Crippen LogP contribution in [0.4, 0.5) is 0 Å². The van der Waals surface area contributed by atoms with Gasteiger partial charge >= 0.3 is 0 Å². The van der Waals surface area contributed by atoms with Crippen LogP contribution in [0.25, 0.3) is 0 Å². The van der Waals surface area contributed by atoms with Gasteiger partial charge in [-0.15, -0.1) is 0 Å². The fourth-order valence-corrected chi connectivity index (χ4v) is 6.31. The van der Waals surface area contributed by atoms with Crippen molar-refractivity contribution in [1.82, 2.24) is 0 Å². The van der Waals surface area contributed by atoms with Crippen molar-refractivity contribution in [2.24, 2.45) is 45.3 Å². The Bertz CT molecular complexity index is 487. The molecule has 0 radical (unpaired) electrons. The minimum atomic E-state index is 0.0820. The Hall–Kier alpha value is -0.0800. The first-order chi connectivity index (χ1) is 15.2. The van der Waals surface area contributed by atoms with Gasteiger partial charge in [0.15, 0.2) is 0 Å². The molecule has 0 rings (SSSR count). The second kappa shape index (κ2) is 13.5. The van der Waals surface area contributed by atoms with E-state index in [1.807, 2.05) is 0 Å². The van der Waals surface area contributed by atoms with Crippen LogP contribution in [0.2, 0.25) is 0 Å². The molecular weight excluding hydrogens is 416 g/mol. The molecular formula is C32H66O2. The third-order valence-electron chi connectivity index (χ3n) is 8.80. The Labute approximate surface area is 216 Å². The maximum atomic E-state index is 6.22. The lowest BCUT2D eigenvalue weighted by Crippen LogP contribution is -2.37. The summed E-state index contributed by atoms with van der Waals surface area (Å²) in [5.41, 5.74) is 1.09. The van der Waals surface area contributed by atoms with E-state index in [-0.39, 0.29) is 23.0 Å². The van der Waals surface area contributed by atoms with Gasteiger partial charge in [-0.1, -0.05) is 110 Å². The van der Waals surface area contributed by atoms with Crippen molar-refractivity contribution in [2.75, 3.05) is 0 Å². The van der Waals surface area contributed by atoms with E-state index in [2.05, 4.69) is 111 Å². The van der Waals surface area contributed by atoms with Crippen molar-refractivity contribution in [3.8, 4) is 0 Å². The molecule has 6 unspecified atom stereocenters. The highest BCUT2D eigenvalue weighted by Gasteiger charge is 2.36. The van der Waals surface area contributed by atoms with Gasteiger partial charge in [-0.25, -0.2) is 9.78 Å². The zero-order valence-electron chi connectivity index (χ0n) is 26.5. The molecule has 6 atom stereocenters. The van der Waals surface area contributed by atoms with E-state index in [1.165, 1.54) is 38.5 Å². The summed E-state index contributed by atoms with van der Waals surface area (Å²) in [5.74, 6) is 2.41. The topological polar surface area (TPSA) is 18.5 Å². The lowest BCUT2D eigenvalue weighted by Gasteiger charge is -2.40. The van der Waals surface area contributed by atoms with E-state index >= 15 is 0 Å². The molecule has 0 N–H and O–H groups in total. The molecule has 2 heteroatoms. The van der Waals surface area contributed by atoms with Crippen molar-refractivity contribution in [2.45, 2.75) is 162 Å². The molecule has 0 aliphatic heterocycles. The predicted octanol–water partition coefficient (Wildman–Crippen LogP) is 10.7. The minimum Gasteiger partial charge on any atom is -0.233 e. The third kappa shape index (κ3) is 11.8. The molecule has 0 aliphatic carbocycles. The monoisotopic (exact) mass is 483 g/mol. The second-order valence-corrected chi connectivity index (χ2v) is 15.6. The Morgan fingerprint density at radius 1 is 0.441 bits per heavy atom. The van der Waals surface area contributed by atoms with Crippen molar-refractivity contribution in [1.29, 1.82) is 0 Å². The number of hydrogen-bond acceptors (Lipinski definition) is 2. The summed E-state index contributed by atoms with van der Waals surface area (Å²) in [6.45, 7) is 37.5. The Morgan fingerprint density at radius 2 is 0.706 bits per heavy atom. The molecule has 0 fully saturated rings. The molecule has 0 aromatic carbocycles. The molecule has 0 saturated heterocycles. The standard InChI is InChI=1S/C32H66O2/c1-17-25(29(5,6)7)19-21-27(31(11,12)13)23(3)33-34-24(4)28(32(14,15)16)22-20-26(18-2)30(8,9)10/h23-28H,17-22H2,1-16H3. The highest BCUT2D eigenvalue weighted by atomic mass is 17.2. The summed E-state index contributed by atoms with van der Waals surface area (Å²) in [5, 5.41) is 0. The van der Waals surface area contributed by atoms with Gasteiger partial charge in [-0.3, -0.25) is 0 Å². The van der Waals surface area contributed by atoms with Gasteiger partial charge in [0.05, 0.1) is 12.2 Å². The van der Waals surface area contributed by atoms with Gasteiger partial charge in [0, 0.05) is 0 Å². The van der Waals surface area contributed by atoms with Crippen molar-refractivity contribution >= 4 is 0 Å². The quantitative estimate of drug-likeness (QED) is 0.192. The van der Waals surface area contributed by atoms with E-state index < -0.39 is 0 Å². The maximum absolute atomic E-state index is 6.22. The van der Waals surface area contributed by atoms with E-state index in [0.29, 0.717) is 22.7 Å². The van der Waals surface area contributed by atoms with Crippen LogP contribution in [0.15, 0.2) is 0 Å². The van der Waals surface area contributed by atoms with Crippen LogP contribution in [0.1, 0.15) is 149 Å². The first-order valence-electron chi connectivity index (χ1n) is 14.5. The van der Waals surface area contributed by atoms with Crippen LogP contribution in [0, 0.1) is 45.3 Å². The van der Waals surface area contributed by atoms with E-state index in [0.717, 1.165) is 11.8 Å². The molecule has 34 heavy (non-hydrogen) atoms. The third-order valence-corrected chi connectivity index (χ3v) is 8.80. The Morgan fingerprint density at radius 3 is 0.882 bits per heavy atom. The smallest absolute Gasteiger partial charge is 0.0935 e. The fraction of sp³-hybridized carbons (Fsp3) is 1.00. The zero-order chi connectivity index (χ0) is 27.1. The normalized spacial score (nSPS) is 19.4. The average molecular weight is 483 g/mol. The summed E-state index contributed by atoms with van der Waals surface area (Å²) in [6, 6.07) is 0. The van der Waals surface area contributed by atoms with E-state index in [9.17, 15) is 0 Å². The predicted molar refractivity (Wildman–Crippen MR) is 152 cm³/mol. The summed E-state index contributed by atoms with van der Waals surface area (Å²) >= 11 is 0. The fourth-order valence-electron chi connectivity index (χ4n) is 6.31. The van der Waals surface area contributed by atoms with E-state index in [1.54, 1.807) is 0 Å². The van der Waals surface area contributed by atoms with Crippen LogP contribution in [0.3, 0.4) is 0 Å². The first-order valence-corrected chi connectivity index (χ1v) is 14.5. The van der Waals surface area contributed by atoms with Crippen molar-refractivity contribution in [3.63, 3.8) is 0 Å². The van der Waals surface area contributed by atoms with Gasteiger partial charge in [-0.2, -0.15) is 0 Å².